The van der Waals surface area contributed by atoms with Gasteiger partial charge in [0.25, 0.3) is 0 Å². The van der Waals surface area contributed by atoms with Gasteiger partial charge in [0.1, 0.15) is 5.41 Å². The molecular weight excluding hydrogens is 224 g/mol. The van der Waals surface area contributed by atoms with Crippen molar-refractivity contribution in [2.45, 2.75) is 32.7 Å². The second-order valence-corrected chi connectivity index (χ2v) is 4.85. The van der Waals surface area contributed by atoms with Crippen LogP contribution >= 0.6 is 0 Å². The van der Waals surface area contributed by atoms with E-state index in [1.54, 1.807) is 4.90 Å². The van der Waals surface area contributed by atoms with Crippen LogP contribution < -0.4 is 0 Å². The van der Waals surface area contributed by atoms with Gasteiger partial charge in [0.2, 0.25) is 5.91 Å². The van der Waals surface area contributed by atoms with Crippen molar-refractivity contribution in [1.29, 1.82) is 5.26 Å². The molecule has 0 atom stereocenters. The molecule has 1 aliphatic rings. The molecule has 0 saturated heterocycles. The van der Waals surface area contributed by atoms with E-state index in [4.69, 9.17) is 0 Å². The Balaban J connectivity index is 2.10. The highest BCUT2D eigenvalue weighted by atomic mass is 16.2. The Labute approximate surface area is 108 Å². The molecule has 0 radical (unpaired) electrons. The highest BCUT2D eigenvalue weighted by Crippen LogP contribution is 2.42. The smallest absolute Gasteiger partial charge is 0.243 e. The molecule has 0 aromatic heterocycles. The molecule has 94 valence electrons. The summed E-state index contributed by atoms with van der Waals surface area (Å²) >= 11 is 0. The van der Waals surface area contributed by atoms with E-state index in [-0.39, 0.29) is 5.91 Å². The van der Waals surface area contributed by atoms with Crippen LogP contribution in [0.15, 0.2) is 30.3 Å². The van der Waals surface area contributed by atoms with E-state index < -0.39 is 5.41 Å². The summed E-state index contributed by atoms with van der Waals surface area (Å²) < 4.78 is 0. The lowest BCUT2D eigenvalue weighted by atomic mass is 9.69. The summed E-state index contributed by atoms with van der Waals surface area (Å²) in [5.74, 6) is 0.00241. The molecule has 0 bridgehead atoms. The summed E-state index contributed by atoms with van der Waals surface area (Å²) in [6.45, 7) is 3.21. The second kappa shape index (κ2) is 5.22. The quantitative estimate of drug-likeness (QED) is 0.814. The maximum Gasteiger partial charge on any atom is 0.243 e. The Kier molecular flexibility index (Phi) is 3.66. The number of carbonyl (C=O) groups excluding carboxylic acids is 1. The number of nitrogens with zero attached hydrogens (tertiary/aromatic N) is 2. The van der Waals surface area contributed by atoms with Crippen molar-refractivity contribution in [3.05, 3.63) is 35.9 Å². The molecule has 1 saturated carbocycles. The van der Waals surface area contributed by atoms with Gasteiger partial charge in [0.05, 0.1) is 6.07 Å². The summed E-state index contributed by atoms with van der Waals surface area (Å²) in [4.78, 5) is 14.2. The van der Waals surface area contributed by atoms with E-state index >= 15 is 0 Å². The van der Waals surface area contributed by atoms with Crippen molar-refractivity contribution in [2.24, 2.45) is 5.41 Å². The fraction of sp³-hybridized carbons (Fsp3) is 0.467. The lowest BCUT2D eigenvalue weighted by molar-refractivity contribution is -0.143. The van der Waals surface area contributed by atoms with Gasteiger partial charge < -0.3 is 4.90 Å². The largest absolute Gasteiger partial charge is 0.337 e. The summed E-state index contributed by atoms with van der Waals surface area (Å²) in [7, 11) is 0. The molecule has 0 unspecified atom stereocenters. The van der Waals surface area contributed by atoms with Gasteiger partial charge >= 0.3 is 0 Å². The SMILES string of the molecule is CCN(Cc1ccccc1)C(=O)C1(C#N)CCC1. The minimum Gasteiger partial charge on any atom is -0.337 e. The van der Waals surface area contributed by atoms with Crippen LogP contribution in [0.3, 0.4) is 0 Å². The summed E-state index contributed by atoms with van der Waals surface area (Å²) in [5.41, 5.74) is 0.380. The number of carbonyl (C=O) groups is 1. The Hall–Kier alpha value is -1.82. The predicted molar refractivity (Wildman–Crippen MR) is 69.4 cm³/mol. The third-order valence-electron chi connectivity index (χ3n) is 3.72. The molecule has 1 fully saturated rings. The number of nitriles is 1. The van der Waals surface area contributed by atoms with E-state index in [9.17, 15) is 10.1 Å². The van der Waals surface area contributed by atoms with Gasteiger partial charge in [-0.25, -0.2) is 0 Å². The van der Waals surface area contributed by atoms with Crippen molar-refractivity contribution in [3.63, 3.8) is 0 Å². The first kappa shape index (κ1) is 12.6. The Bertz CT molecular complexity index is 457. The summed E-state index contributed by atoms with van der Waals surface area (Å²) in [6, 6.07) is 12.1. The first-order chi connectivity index (χ1) is 8.72. The molecule has 18 heavy (non-hydrogen) atoms. The first-order valence-electron chi connectivity index (χ1n) is 6.46. The molecule has 0 spiro atoms. The van der Waals surface area contributed by atoms with E-state index in [0.29, 0.717) is 25.9 Å². The van der Waals surface area contributed by atoms with Crippen LogP contribution in [0.1, 0.15) is 31.7 Å². The van der Waals surface area contributed by atoms with E-state index in [0.717, 1.165) is 12.0 Å². The average Bonchev–Trinajstić information content (AvgIpc) is 2.36. The highest BCUT2D eigenvalue weighted by molar-refractivity contribution is 5.86. The molecule has 0 aliphatic heterocycles. The van der Waals surface area contributed by atoms with Crippen LogP contribution in [0.4, 0.5) is 0 Å². The minimum atomic E-state index is -0.731. The molecule has 1 amide bonds. The van der Waals surface area contributed by atoms with Gasteiger partial charge in [-0.1, -0.05) is 30.3 Å². The monoisotopic (exact) mass is 242 g/mol. The standard InChI is InChI=1S/C15H18N2O/c1-2-17(11-13-7-4-3-5-8-13)14(18)15(12-16)9-6-10-15/h3-5,7-8H,2,6,9-11H2,1H3. The van der Waals surface area contributed by atoms with Gasteiger partial charge in [0.15, 0.2) is 0 Å². The molecular formula is C15H18N2O. The van der Waals surface area contributed by atoms with Crippen LogP contribution in [-0.2, 0) is 11.3 Å². The van der Waals surface area contributed by atoms with Crippen LogP contribution in [0.2, 0.25) is 0 Å². The third kappa shape index (κ3) is 2.24. The molecule has 1 aromatic carbocycles. The maximum atomic E-state index is 12.4. The topological polar surface area (TPSA) is 44.1 Å². The Morgan fingerprint density at radius 3 is 2.50 bits per heavy atom. The number of hydrogen-bond donors (Lipinski definition) is 0. The molecule has 0 heterocycles. The zero-order valence-corrected chi connectivity index (χ0v) is 10.7. The zero-order valence-electron chi connectivity index (χ0n) is 10.7. The van der Waals surface area contributed by atoms with Gasteiger partial charge in [0, 0.05) is 13.1 Å². The van der Waals surface area contributed by atoms with Gasteiger partial charge in [-0.15, -0.1) is 0 Å². The van der Waals surface area contributed by atoms with Crippen molar-refractivity contribution in [3.8, 4) is 6.07 Å². The van der Waals surface area contributed by atoms with E-state index in [1.807, 2.05) is 37.3 Å². The molecule has 1 aromatic rings. The molecule has 1 aliphatic carbocycles. The van der Waals surface area contributed by atoms with E-state index in [1.165, 1.54) is 0 Å². The van der Waals surface area contributed by atoms with Gasteiger partial charge in [-0.3, -0.25) is 4.79 Å². The van der Waals surface area contributed by atoms with Crippen LogP contribution in [0, 0.1) is 16.7 Å². The predicted octanol–water partition coefficient (Wildman–Crippen LogP) is 2.73. The lowest BCUT2D eigenvalue weighted by Crippen LogP contribution is -2.46. The molecule has 2 rings (SSSR count). The Morgan fingerprint density at radius 1 is 1.39 bits per heavy atom. The van der Waals surface area contributed by atoms with Crippen molar-refractivity contribution >= 4 is 5.91 Å². The van der Waals surface area contributed by atoms with Crippen LogP contribution in [-0.4, -0.2) is 17.4 Å². The average molecular weight is 242 g/mol. The summed E-state index contributed by atoms with van der Waals surface area (Å²) in [5, 5.41) is 9.22. The van der Waals surface area contributed by atoms with Crippen molar-refractivity contribution < 1.29 is 4.79 Å². The van der Waals surface area contributed by atoms with Gasteiger partial charge in [-0.05, 0) is 31.7 Å². The number of benzene rings is 1. The van der Waals surface area contributed by atoms with Crippen LogP contribution in [0.25, 0.3) is 0 Å². The second-order valence-electron chi connectivity index (χ2n) is 4.85. The molecule has 3 heteroatoms. The molecule has 0 N–H and O–H groups in total. The minimum absolute atomic E-state index is 0.00241. The number of rotatable bonds is 4. The third-order valence-corrected chi connectivity index (χ3v) is 3.72. The fourth-order valence-electron chi connectivity index (χ4n) is 2.34. The number of hydrogen-bond acceptors (Lipinski definition) is 2. The maximum absolute atomic E-state index is 12.4. The fourth-order valence-corrected chi connectivity index (χ4v) is 2.34. The lowest BCUT2D eigenvalue weighted by Gasteiger charge is -2.37. The van der Waals surface area contributed by atoms with Crippen molar-refractivity contribution in [1.82, 2.24) is 4.90 Å². The van der Waals surface area contributed by atoms with Crippen molar-refractivity contribution in [2.75, 3.05) is 6.54 Å². The number of amides is 1. The first-order valence-corrected chi connectivity index (χ1v) is 6.46. The zero-order chi connectivity index (χ0) is 13.0. The normalized spacial score (nSPS) is 16.4. The van der Waals surface area contributed by atoms with E-state index in [2.05, 4.69) is 6.07 Å². The van der Waals surface area contributed by atoms with Crippen LogP contribution in [0.5, 0.6) is 0 Å². The Morgan fingerprint density at radius 2 is 2.06 bits per heavy atom. The molecule has 3 nitrogen and oxygen atoms in total. The highest BCUT2D eigenvalue weighted by Gasteiger charge is 2.46. The van der Waals surface area contributed by atoms with Gasteiger partial charge in [-0.2, -0.15) is 5.26 Å². The summed E-state index contributed by atoms with van der Waals surface area (Å²) in [6.07, 6.45) is 2.42.